The third-order valence-corrected chi connectivity index (χ3v) is 4.09. The lowest BCUT2D eigenvalue weighted by molar-refractivity contribution is 0.0527. The lowest BCUT2D eigenvalue weighted by atomic mass is 10.2. The normalized spacial score (nSPS) is 10.3. The largest absolute Gasteiger partial charge is 0.462 e. The van der Waals surface area contributed by atoms with Gasteiger partial charge in [-0.25, -0.2) is 4.79 Å². The maximum atomic E-state index is 11.8. The highest BCUT2D eigenvalue weighted by Crippen LogP contribution is 2.34. The van der Waals surface area contributed by atoms with Crippen molar-refractivity contribution < 1.29 is 9.53 Å². The topological polar surface area (TPSA) is 52.3 Å². The van der Waals surface area contributed by atoms with Crippen molar-refractivity contribution in [1.29, 1.82) is 0 Å². The van der Waals surface area contributed by atoms with Gasteiger partial charge >= 0.3 is 5.97 Å². The van der Waals surface area contributed by atoms with Gasteiger partial charge in [0.05, 0.1) is 17.2 Å². The number of hydrogen-bond acceptors (Lipinski definition) is 4. The number of nitrogens with two attached hydrogens (primary N) is 1. The van der Waals surface area contributed by atoms with Gasteiger partial charge < -0.3 is 10.5 Å². The molecule has 2 N–H and O–H groups in total. The van der Waals surface area contributed by atoms with Gasteiger partial charge in [0.25, 0.3) is 0 Å². The third-order valence-electron chi connectivity index (χ3n) is 2.58. The maximum absolute atomic E-state index is 11.8. The number of hydrogen-bond donors (Lipinski definition) is 1. The molecule has 2 aromatic rings. The summed E-state index contributed by atoms with van der Waals surface area (Å²) in [6.45, 7) is 2.08. The van der Waals surface area contributed by atoms with E-state index in [2.05, 4.69) is 0 Å². The van der Waals surface area contributed by atoms with Gasteiger partial charge in [-0.15, -0.1) is 0 Å². The van der Waals surface area contributed by atoms with E-state index >= 15 is 0 Å². The summed E-state index contributed by atoms with van der Waals surface area (Å²) >= 11 is 7.60. The molecule has 0 unspecified atom stereocenters. The van der Waals surface area contributed by atoms with E-state index in [-0.39, 0.29) is 0 Å². The van der Waals surface area contributed by atoms with Gasteiger partial charge in [0, 0.05) is 15.5 Å². The summed E-state index contributed by atoms with van der Waals surface area (Å²) in [5, 5.41) is 0.673. The first-order valence-corrected chi connectivity index (χ1v) is 7.30. The summed E-state index contributed by atoms with van der Waals surface area (Å²) in [5.41, 5.74) is 6.60. The average Bonchev–Trinajstić information content (AvgIpc) is 2.43. The van der Waals surface area contributed by atoms with Crippen molar-refractivity contribution in [2.75, 3.05) is 12.3 Å². The number of nitrogen functional groups attached to an aromatic ring is 1. The summed E-state index contributed by atoms with van der Waals surface area (Å²) in [7, 11) is 0. The van der Waals surface area contributed by atoms with E-state index < -0.39 is 5.97 Å². The Labute approximate surface area is 127 Å². The Balaban J connectivity index is 2.28. The van der Waals surface area contributed by atoms with Crippen molar-refractivity contribution >= 4 is 35.0 Å². The third kappa shape index (κ3) is 3.46. The van der Waals surface area contributed by atoms with Crippen LogP contribution in [0, 0.1) is 0 Å². The summed E-state index contributed by atoms with van der Waals surface area (Å²) in [5.74, 6) is -0.411. The second-order valence-electron chi connectivity index (χ2n) is 4.00. The van der Waals surface area contributed by atoms with Gasteiger partial charge in [0.2, 0.25) is 0 Å². The van der Waals surface area contributed by atoms with E-state index in [1.165, 1.54) is 11.8 Å². The zero-order chi connectivity index (χ0) is 14.5. The predicted octanol–water partition coefficient (Wildman–Crippen LogP) is 4.25. The number of ether oxygens (including phenoxy) is 1. The summed E-state index contributed by atoms with van der Waals surface area (Å²) in [4.78, 5) is 13.6. The number of benzene rings is 2. The second kappa shape index (κ2) is 6.68. The van der Waals surface area contributed by atoms with Crippen molar-refractivity contribution in [2.24, 2.45) is 0 Å². The molecule has 0 radical (unpaired) electrons. The fraction of sp³-hybridized carbons (Fsp3) is 0.133. The molecule has 0 bridgehead atoms. The molecule has 5 heteroatoms. The Kier molecular flexibility index (Phi) is 4.93. The molecule has 0 amide bonds. The predicted molar refractivity (Wildman–Crippen MR) is 82.4 cm³/mol. The zero-order valence-corrected chi connectivity index (χ0v) is 12.5. The highest BCUT2D eigenvalue weighted by molar-refractivity contribution is 7.99. The van der Waals surface area contributed by atoms with Gasteiger partial charge in [-0.05, 0) is 37.3 Å². The minimum Gasteiger partial charge on any atom is -0.462 e. The first kappa shape index (κ1) is 14.8. The van der Waals surface area contributed by atoms with Gasteiger partial charge in [-0.2, -0.15) is 0 Å². The van der Waals surface area contributed by atoms with Crippen LogP contribution in [0.2, 0.25) is 5.02 Å². The van der Waals surface area contributed by atoms with Gasteiger partial charge in [0.1, 0.15) is 0 Å². The molecule has 104 valence electrons. The van der Waals surface area contributed by atoms with Crippen molar-refractivity contribution in [3.63, 3.8) is 0 Å². The number of carbonyl (C=O) groups excluding carboxylic acids is 1. The molecule has 20 heavy (non-hydrogen) atoms. The van der Waals surface area contributed by atoms with Crippen LogP contribution in [0.4, 0.5) is 5.69 Å². The number of esters is 1. The molecule has 2 rings (SSSR count). The van der Waals surface area contributed by atoms with Crippen molar-refractivity contribution in [3.05, 3.63) is 53.1 Å². The number of rotatable bonds is 4. The van der Waals surface area contributed by atoms with Crippen LogP contribution >= 0.6 is 23.4 Å². The van der Waals surface area contributed by atoms with Crippen LogP contribution in [0.15, 0.2) is 52.3 Å². The fourth-order valence-corrected chi connectivity index (χ4v) is 2.77. The minimum atomic E-state index is -0.411. The van der Waals surface area contributed by atoms with Crippen LogP contribution in [-0.4, -0.2) is 12.6 Å². The average molecular weight is 308 g/mol. The van der Waals surface area contributed by atoms with Crippen LogP contribution in [0.1, 0.15) is 17.3 Å². The molecule has 0 spiro atoms. The summed E-state index contributed by atoms with van der Waals surface area (Å²) < 4.78 is 4.98. The van der Waals surface area contributed by atoms with Gasteiger partial charge in [0.15, 0.2) is 0 Å². The van der Waals surface area contributed by atoms with Crippen LogP contribution in [0.3, 0.4) is 0 Å². The molecule has 3 nitrogen and oxygen atoms in total. The second-order valence-corrected chi connectivity index (χ2v) is 5.52. The smallest absolute Gasteiger partial charge is 0.340 e. The quantitative estimate of drug-likeness (QED) is 0.677. The van der Waals surface area contributed by atoms with Crippen LogP contribution in [0.25, 0.3) is 0 Å². The zero-order valence-electron chi connectivity index (χ0n) is 10.9. The Morgan fingerprint density at radius 1 is 1.30 bits per heavy atom. The van der Waals surface area contributed by atoms with Crippen LogP contribution in [0.5, 0.6) is 0 Å². The molecule has 0 aliphatic carbocycles. The lowest BCUT2D eigenvalue weighted by Crippen LogP contribution is -2.07. The number of anilines is 1. The first-order chi connectivity index (χ1) is 9.61. The van der Waals surface area contributed by atoms with Crippen molar-refractivity contribution in [3.8, 4) is 0 Å². The Morgan fingerprint density at radius 2 is 2.05 bits per heavy atom. The minimum absolute atomic E-state index is 0.320. The van der Waals surface area contributed by atoms with Crippen LogP contribution < -0.4 is 5.73 Å². The van der Waals surface area contributed by atoms with E-state index in [1.807, 2.05) is 30.3 Å². The molecule has 0 aromatic heterocycles. The summed E-state index contributed by atoms with van der Waals surface area (Å²) in [6.07, 6.45) is 0. The molecular formula is C15H14ClNO2S. The summed E-state index contributed by atoms with van der Waals surface area (Å²) in [6, 6.07) is 12.8. The number of carbonyl (C=O) groups is 1. The molecule has 0 aliphatic heterocycles. The number of halogens is 1. The molecule has 0 saturated heterocycles. The molecule has 0 fully saturated rings. The maximum Gasteiger partial charge on any atom is 0.340 e. The molecule has 0 aliphatic rings. The Bertz CT molecular complexity index is 631. The first-order valence-electron chi connectivity index (χ1n) is 6.11. The highest BCUT2D eigenvalue weighted by atomic mass is 35.5. The van der Waals surface area contributed by atoms with E-state index in [4.69, 9.17) is 22.1 Å². The van der Waals surface area contributed by atoms with Gasteiger partial charge in [-0.1, -0.05) is 35.5 Å². The van der Waals surface area contributed by atoms with Gasteiger partial charge in [-0.3, -0.25) is 0 Å². The van der Waals surface area contributed by atoms with E-state index in [1.54, 1.807) is 19.1 Å². The van der Waals surface area contributed by atoms with Crippen molar-refractivity contribution in [1.82, 2.24) is 0 Å². The van der Waals surface area contributed by atoms with E-state index in [0.717, 1.165) is 9.79 Å². The standard InChI is InChI=1S/C15H14ClNO2S/c1-2-19-15(18)11-9-10(7-8-13(11)17)20-14-6-4-3-5-12(14)16/h3-9H,2,17H2,1H3. The molecule has 2 aromatic carbocycles. The van der Waals surface area contributed by atoms with E-state index in [0.29, 0.717) is 22.9 Å². The highest BCUT2D eigenvalue weighted by Gasteiger charge is 2.12. The Morgan fingerprint density at radius 3 is 2.75 bits per heavy atom. The molecular weight excluding hydrogens is 294 g/mol. The van der Waals surface area contributed by atoms with E-state index in [9.17, 15) is 4.79 Å². The SMILES string of the molecule is CCOC(=O)c1cc(Sc2ccccc2Cl)ccc1N. The lowest BCUT2D eigenvalue weighted by Gasteiger charge is -2.08. The van der Waals surface area contributed by atoms with Crippen LogP contribution in [-0.2, 0) is 4.74 Å². The fourth-order valence-electron chi connectivity index (χ4n) is 1.64. The monoisotopic (exact) mass is 307 g/mol. The molecule has 0 saturated carbocycles. The Hall–Kier alpha value is -1.65. The molecule has 0 atom stereocenters. The molecule has 0 heterocycles. The van der Waals surface area contributed by atoms with Crippen molar-refractivity contribution in [2.45, 2.75) is 16.7 Å².